The quantitative estimate of drug-likeness (QED) is 0.422. The highest BCUT2D eigenvalue weighted by Gasteiger charge is 2.25. The summed E-state index contributed by atoms with van der Waals surface area (Å²) in [5.74, 6) is -0.277. The molecule has 0 saturated carbocycles. The Labute approximate surface area is 72.9 Å². The smallest absolute Gasteiger partial charge is 0.308 e. The van der Waals surface area contributed by atoms with Gasteiger partial charge in [-0.25, -0.2) is 0 Å². The van der Waals surface area contributed by atoms with Gasteiger partial charge in [0.1, 0.15) is 6.10 Å². The molecule has 4 heteroatoms. The molecule has 3 nitrogen and oxygen atoms in total. The Kier molecular flexibility index (Phi) is 2.91. The van der Waals surface area contributed by atoms with Gasteiger partial charge in [0.2, 0.25) is 0 Å². The average Bonchev–Trinajstić information content (AvgIpc) is 1.85. The van der Waals surface area contributed by atoms with E-state index in [4.69, 9.17) is 9.84 Å². The standard InChI is InChI=1S/C6H9IO3/c7-3-5-1-4(8)2-6(9)10-5/h4-5,8H,1-3H2/t4-,5-/m1/s1. The van der Waals surface area contributed by atoms with Gasteiger partial charge in [0.25, 0.3) is 0 Å². The number of carbonyl (C=O) groups excluding carboxylic acids is 1. The summed E-state index contributed by atoms with van der Waals surface area (Å²) in [5.41, 5.74) is 0. The lowest BCUT2D eigenvalue weighted by molar-refractivity contribution is -0.157. The Morgan fingerprint density at radius 3 is 3.00 bits per heavy atom. The molecule has 1 fully saturated rings. The fourth-order valence-corrected chi connectivity index (χ4v) is 1.50. The van der Waals surface area contributed by atoms with Crippen LogP contribution in [-0.4, -0.2) is 27.7 Å². The summed E-state index contributed by atoms with van der Waals surface area (Å²) in [4.78, 5) is 10.7. The second-order valence-electron chi connectivity index (χ2n) is 2.36. The molecule has 58 valence electrons. The zero-order chi connectivity index (χ0) is 7.56. The van der Waals surface area contributed by atoms with Gasteiger partial charge >= 0.3 is 5.97 Å². The first-order valence-corrected chi connectivity index (χ1v) is 4.68. The Bertz CT molecular complexity index is 137. The van der Waals surface area contributed by atoms with Crippen LogP contribution in [0.1, 0.15) is 12.8 Å². The summed E-state index contributed by atoms with van der Waals surface area (Å²) in [6.45, 7) is 0. The number of hydrogen-bond acceptors (Lipinski definition) is 3. The minimum atomic E-state index is -0.485. The van der Waals surface area contributed by atoms with Crippen LogP contribution in [0.3, 0.4) is 0 Å². The van der Waals surface area contributed by atoms with Crippen LogP contribution in [0, 0.1) is 0 Å². The van der Waals surface area contributed by atoms with Gasteiger partial charge in [-0.05, 0) is 0 Å². The Morgan fingerprint density at radius 1 is 1.80 bits per heavy atom. The minimum absolute atomic E-state index is 0.0724. The lowest BCUT2D eigenvalue weighted by Crippen LogP contribution is -2.33. The van der Waals surface area contributed by atoms with Crippen molar-refractivity contribution in [2.45, 2.75) is 25.0 Å². The molecule has 0 aliphatic carbocycles. The highest BCUT2D eigenvalue weighted by molar-refractivity contribution is 14.1. The van der Waals surface area contributed by atoms with Crippen molar-refractivity contribution in [1.82, 2.24) is 0 Å². The summed E-state index contributed by atoms with van der Waals surface area (Å²) in [6, 6.07) is 0. The maximum atomic E-state index is 10.7. The van der Waals surface area contributed by atoms with Crippen LogP contribution in [0.15, 0.2) is 0 Å². The van der Waals surface area contributed by atoms with E-state index in [0.29, 0.717) is 6.42 Å². The Hall–Kier alpha value is 0.160. The minimum Gasteiger partial charge on any atom is -0.461 e. The van der Waals surface area contributed by atoms with Crippen LogP contribution in [0.25, 0.3) is 0 Å². The molecule has 1 rings (SSSR count). The van der Waals surface area contributed by atoms with E-state index in [9.17, 15) is 4.79 Å². The van der Waals surface area contributed by atoms with Crippen molar-refractivity contribution < 1.29 is 14.6 Å². The summed E-state index contributed by atoms with van der Waals surface area (Å²) in [6.07, 6.45) is 0.194. The molecule has 10 heavy (non-hydrogen) atoms. The molecule has 0 amide bonds. The number of ether oxygens (including phenoxy) is 1. The van der Waals surface area contributed by atoms with Gasteiger partial charge in [0, 0.05) is 10.8 Å². The number of aliphatic hydroxyl groups excluding tert-OH is 1. The summed E-state index contributed by atoms with van der Waals surface area (Å²) < 4.78 is 5.66. The van der Waals surface area contributed by atoms with Gasteiger partial charge in [0.15, 0.2) is 0 Å². The van der Waals surface area contributed by atoms with E-state index in [-0.39, 0.29) is 18.5 Å². The van der Waals surface area contributed by atoms with Crippen LogP contribution >= 0.6 is 22.6 Å². The second kappa shape index (κ2) is 3.52. The predicted octanol–water partition coefficient (Wildman–Crippen LogP) is 0.488. The summed E-state index contributed by atoms with van der Waals surface area (Å²) in [5, 5.41) is 9.08. The molecular weight excluding hydrogens is 247 g/mol. The first kappa shape index (κ1) is 8.26. The number of halogens is 1. The molecule has 0 aromatic carbocycles. The molecule has 2 atom stereocenters. The summed E-state index contributed by atoms with van der Waals surface area (Å²) >= 11 is 2.14. The van der Waals surface area contributed by atoms with Gasteiger partial charge in [-0.2, -0.15) is 0 Å². The molecule has 1 N–H and O–H groups in total. The van der Waals surface area contributed by atoms with E-state index in [2.05, 4.69) is 22.6 Å². The third-order valence-corrected chi connectivity index (χ3v) is 2.39. The van der Waals surface area contributed by atoms with E-state index in [1.54, 1.807) is 0 Å². The van der Waals surface area contributed by atoms with Crippen molar-refractivity contribution in [2.24, 2.45) is 0 Å². The Balaban J connectivity index is 2.42. The van der Waals surface area contributed by atoms with Crippen LogP contribution in [0.5, 0.6) is 0 Å². The lowest BCUT2D eigenvalue weighted by atomic mass is 10.1. The lowest BCUT2D eigenvalue weighted by Gasteiger charge is -2.23. The molecule has 1 heterocycles. The zero-order valence-corrected chi connectivity index (χ0v) is 7.58. The molecule has 1 aliphatic heterocycles. The van der Waals surface area contributed by atoms with E-state index >= 15 is 0 Å². The highest BCUT2D eigenvalue weighted by atomic mass is 127. The van der Waals surface area contributed by atoms with E-state index in [1.807, 2.05) is 0 Å². The number of carbonyl (C=O) groups is 1. The summed E-state index contributed by atoms with van der Waals surface area (Å²) in [7, 11) is 0. The van der Waals surface area contributed by atoms with Crippen molar-refractivity contribution >= 4 is 28.6 Å². The highest BCUT2D eigenvalue weighted by Crippen LogP contribution is 2.16. The molecule has 1 aliphatic rings. The number of aliphatic hydroxyl groups is 1. The SMILES string of the molecule is O=C1C[C@H](O)C[C@H](CI)O1. The van der Waals surface area contributed by atoms with Crippen molar-refractivity contribution in [3.8, 4) is 0 Å². The third kappa shape index (κ3) is 2.09. The largest absolute Gasteiger partial charge is 0.461 e. The number of alkyl halides is 1. The normalized spacial score (nSPS) is 33.6. The maximum Gasteiger partial charge on any atom is 0.308 e. The molecule has 0 radical (unpaired) electrons. The number of hydrogen-bond donors (Lipinski definition) is 1. The molecule has 1 saturated heterocycles. The first-order chi connectivity index (χ1) is 4.72. The molecular formula is C6H9IO3. The molecule has 0 bridgehead atoms. The van der Waals surface area contributed by atoms with Gasteiger partial charge in [0.05, 0.1) is 12.5 Å². The third-order valence-electron chi connectivity index (χ3n) is 1.41. The maximum absolute atomic E-state index is 10.7. The van der Waals surface area contributed by atoms with E-state index < -0.39 is 6.10 Å². The number of rotatable bonds is 1. The fourth-order valence-electron chi connectivity index (χ4n) is 0.956. The molecule has 0 spiro atoms. The van der Waals surface area contributed by atoms with Crippen LogP contribution in [0.2, 0.25) is 0 Å². The van der Waals surface area contributed by atoms with Gasteiger partial charge in [-0.3, -0.25) is 4.79 Å². The monoisotopic (exact) mass is 256 g/mol. The van der Waals surface area contributed by atoms with Crippen molar-refractivity contribution in [3.63, 3.8) is 0 Å². The Morgan fingerprint density at radius 2 is 2.50 bits per heavy atom. The zero-order valence-electron chi connectivity index (χ0n) is 5.42. The van der Waals surface area contributed by atoms with E-state index in [0.717, 1.165) is 4.43 Å². The van der Waals surface area contributed by atoms with Crippen LogP contribution in [0.4, 0.5) is 0 Å². The molecule has 0 aromatic rings. The first-order valence-electron chi connectivity index (χ1n) is 3.16. The van der Waals surface area contributed by atoms with Gasteiger partial charge in [-0.1, -0.05) is 22.6 Å². The van der Waals surface area contributed by atoms with Gasteiger partial charge < -0.3 is 9.84 Å². The van der Waals surface area contributed by atoms with Crippen molar-refractivity contribution in [3.05, 3.63) is 0 Å². The predicted molar refractivity (Wildman–Crippen MR) is 44.0 cm³/mol. The van der Waals surface area contributed by atoms with E-state index in [1.165, 1.54) is 0 Å². The van der Waals surface area contributed by atoms with Crippen LogP contribution < -0.4 is 0 Å². The topological polar surface area (TPSA) is 46.5 Å². The number of esters is 1. The number of cyclic esters (lactones) is 1. The van der Waals surface area contributed by atoms with Crippen LogP contribution in [-0.2, 0) is 9.53 Å². The average molecular weight is 256 g/mol. The fraction of sp³-hybridized carbons (Fsp3) is 0.833. The second-order valence-corrected chi connectivity index (χ2v) is 3.24. The van der Waals surface area contributed by atoms with Crippen molar-refractivity contribution in [1.29, 1.82) is 0 Å². The van der Waals surface area contributed by atoms with Crippen molar-refractivity contribution in [2.75, 3.05) is 4.43 Å². The molecule has 0 unspecified atom stereocenters. The van der Waals surface area contributed by atoms with Gasteiger partial charge in [-0.15, -0.1) is 0 Å². The molecule has 0 aromatic heterocycles.